The molecule has 0 aromatic rings. The molecule has 4 nitrogen and oxygen atoms in total. The van der Waals surface area contributed by atoms with Crippen LogP contribution in [-0.2, 0) is 10.0 Å². The first-order valence-electron chi connectivity index (χ1n) is 6.37. The van der Waals surface area contributed by atoms with E-state index in [1.165, 1.54) is 0 Å². The van der Waals surface area contributed by atoms with Gasteiger partial charge >= 0.3 is 0 Å². The van der Waals surface area contributed by atoms with E-state index in [0.717, 1.165) is 44.9 Å². The third-order valence-electron chi connectivity index (χ3n) is 3.59. The molecule has 0 aromatic heterocycles. The number of nitrogens with two attached hydrogens (primary N) is 1. The largest absolute Gasteiger partial charge is 0.330 e. The van der Waals surface area contributed by atoms with Gasteiger partial charge in [0.25, 0.3) is 0 Å². The van der Waals surface area contributed by atoms with Gasteiger partial charge in [-0.15, -0.1) is 0 Å². The van der Waals surface area contributed by atoms with Crippen molar-refractivity contribution in [3.05, 3.63) is 0 Å². The lowest BCUT2D eigenvalue weighted by atomic mass is 10.4. The zero-order valence-electron chi connectivity index (χ0n) is 9.77. The van der Waals surface area contributed by atoms with E-state index < -0.39 is 10.0 Å². The first-order chi connectivity index (χ1) is 7.66. The molecule has 5 heteroatoms. The first-order valence-corrected chi connectivity index (χ1v) is 7.87. The Morgan fingerprint density at radius 2 is 1.75 bits per heavy atom. The molecule has 0 atom stereocenters. The lowest BCUT2D eigenvalue weighted by molar-refractivity contribution is 0.392. The molecule has 2 fully saturated rings. The van der Waals surface area contributed by atoms with E-state index in [1.54, 1.807) is 4.31 Å². The van der Waals surface area contributed by atoms with Gasteiger partial charge in [0.05, 0.1) is 5.25 Å². The van der Waals surface area contributed by atoms with Crippen molar-refractivity contribution in [2.45, 2.75) is 56.2 Å². The fraction of sp³-hybridized carbons (Fsp3) is 1.00. The molecule has 0 heterocycles. The van der Waals surface area contributed by atoms with Crippen LogP contribution in [-0.4, -0.2) is 37.1 Å². The molecule has 0 aromatic carbocycles. The Labute approximate surface area is 98.2 Å². The highest BCUT2D eigenvalue weighted by Gasteiger charge is 2.41. The van der Waals surface area contributed by atoms with Crippen molar-refractivity contribution in [3.63, 3.8) is 0 Å². The summed E-state index contributed by atoms with van der Waals surface area (Å²) in [5.74, 6) is 0. The van der Waals surface area contributed by atoms with Gasteiger partial charge in [0.1, 0.15) is 0 Å². The van der Waals surface area contributed by atoms with Crippen LogP contribution in [0.1, 0.15) is 44.9 Å². The van der Waals surface area contributed by atoms with Gasteiger partial charge in [0.2, 0.25) is 10.0 Å². The summed E-state index contributed by atoms with van der Waals surface area (Å²) in [5, 5.41) is -0.106. The van der Waals surface area contributed by atoms with Crippen molar-refractivity contribution in [3.8, 4) is 0 Å². The van der Waals surface area contributed by atoms with E-state index in [2.05, 4.69) is 0 Å². The topological polar surface area (TPSA) is 63.4 Å². The summed E-state index contributed by atoms with van der Waals surface area (Å²) in [7, 11) is -3.03. The predicted molar refractivity (Wildman–Crippen MR) is 64.6 cm³/mol. The van der Waals surface area contributed by atoms with Crippen molar-refractivity contribution in [1.29, 1.82) is 0 Å². The zero-order chi connectivity index (χ0) is 11.6. The molecular weight excluding hydrogens is 224 g/mol. The van der Waals surface area contributed by atoms with Crippen molar-refractivity contribution in [1.82, 2.24) is 4.31 Å². The van der Waals surface area contributed by atoms with Crippen LogP contribution in [0.15, 0.2) is 0 Å². The summed E-state index contributed by atoms with van der Waals surface area (Å²) in [6.07, 6.45) is 6.70. The third-order valence-corrected chi connectivity index (χ3v) is 6.04. The lowest BCUT2D eigenvalue weighted by Crippen LogP contribution is -2.40. The molecule has 0 saturated heterocycles. The number of nitrogens with zero attached hydrogens (tertiary/aromatic N) is 1. The molecule has 0 unspecified atom stereocenters. The van der Waals surface area contributed by atoms with Crippen LogP contribution in [0.25, 0.3) is 0 Å². The van der Waals surface area contributed by atoms with Gasteiger partial charge in [-0.2, -0.15) is 4.31 Å². The minimum atomic E-state index is -3.03. The molecule has 2 aliphatic rings. The average Bonchev–Trinajstić information content (AvgIpc) is 2.92. The van der Waals surface area contributed by atoms with Crippen molar-refractivity contribution in [2.24, 2.45) is 5.73 Å². The Morgan fingerprint density at radius 1 is 1.12 bits per heavy atom. The fourth-order valence-electron chi connectivity index (χ4n) is 2.50. The van der Waals surface area contributed by atoms with Gasteiger partial charge in [0.15, 0.2) is 0 Å². The average molecular weight is 246 g/mol. The highest BCUT2D eigenvalue weighted by molar-refractivity contribution is 7.89. The molecule has 0 spiro atoms. The van der Waals surface area contributed by atoms with E-state index in [0.29, 0.717) is 13.1 Å². The van der Waals surface area contributed by atoms with E-state index in [9.17, 15) is 8.42 Å². The number of sulfonamides is 1. The SMILES string of the molecule is NCCCN(C1CC1)S(=O)(=O)C1CCCC1. The van der Waals surface area contributed by atoms with E-state index in [4.69, 9.17) is 5.73 Å². The second kappa shape index (κ2) is 5.02. The summed E-state index contributed by atoms with van der Waals surface area (Å²) < 4.78 is 26.6. The summed E-state index contributed by atoms with van der Waals surface area (Å²) in [6, 6.07) is 0.289. The molecule has 0 aliphatic heterocycles. The molecule has 2 N–H and O–H groups in total. The molecule has 16 heavy (non-hydrogen) atoms. The molecule has 0 bridgehead atoms. The summed E-state index contributed by atoms with van der Waals surface area (Å²) in [4.78, 5) is 0. The van der Waals surface area contributed by atoms with Gasteiger partial charge in [-0.25, -0.2) is 8.42 Å². The van der Waals surface area contributed by atoms with Crippen molar-refractivity contribution < 1.29 is 8.42 Å². The molecule has 94 valence electrons. The van der Waals surface area contributed by atoms with E-state index in [-0.39, 0.29) is 11.3 Å². The maximum absolute atomic E-state index is 12.4. The second-order valence-corrected chi connectivity index (χ2v) is 7.10. The summed E-state index contributed by atoms with van der Waals surface area (Å²) >= 11 is 0. The lowest BCUT2D eigenvalue weighted by Gasteiger charge is -2.25. The summed E-state index contributed by atoms with van der Waals surface area (Å²) in [6.45, 7) is 1.20. The molecular formula is C11H22N2O2S. The Hall–Kier alpha value is -0.130. The quantitative estimate of drug-likeness (QED) is 0.762. The first kappa shape index (κ1) is 12.3. The van der Waals surface area contributed by atoms with Crippen LogP contribution in [0.3, 0.4) is 0 Å². The number of rotatable bonds is 6. The van der Waals surface area contributed by atoms with Gasteiger partial charge in [0, 0.05) is 12.6 Å². The van der Waals surface area contributed by atoms with Crippen molar-refractivity contribution >= 4 is 10.0 Å². The minimum absolute atomic E-state index is 0.106. The highest BCUT2D eigenvalue weighted by atomic mass is 32.2. The fourth-order valence-corrected chi connectivity index (χ4v) is 4.83. The maximum Gasteiger partial charge on any atom is 0.217 e. The molecule has 2 aliphatic carbocycles. The van der Waals surface area contributed by atoms with Crippen LogP contribution in [0.4, 0.5) is 0 Å². The predicted octanol–water partition coefficient (Wildman–Crippen LogP) is 1.07. The van der Waals surface area contributed by atoms with E-state index >= 15 is 0 Å². The van der Waals surface area contributed by atoms with Crippen molar-refractivity contribution in [2.75, 3.05) is 13.1 Å². The van der Waals surface area contributed by atoms with Gasteiger partial charge in [-0.05, 0) is 38.6 Å². The highest BCUT2D eigenvalue weighted by Crippen LogP contribution is 2.34. The smallest absolute Gasteiger partial charge is 0.217 e. The Bertz CT molecular complexity index is 319. The Morgan fingerprint density at radius 3 is 2.25 bits per heavy atom. The monoisotopic (exact) mass is 246 g/mol. The van der Waals surface area contributed by atoms with E-state index in [1.807, 2.05) is 0 Å². The van der Waals surface area contributed by atoms with Crippen LogP contribution in [0, 0.1) is 0 Å². The number of hydrogen-bond acceptors (Lipinski definition) is 3. The van der Waals surface area contributed by atoms with Gasteiger partial charge in [-0.1, -0.05) is 12.8 Å². The van der Waals surface area contributed by atoms with Crippen LogP contribution >= 0.6 is 0 Å². The molecule has 0 amide bonds. The standard InChI is InChI=1S/C11H22N2O2S/c12-8-3-9-13(10-6-7-10)16(14,15)11-4-1-2-5-11/h10-11H,1-9,12H2. The minimum Gasteiger partial charge on any atom is -0.330 e. The Kier molecular flexibility index (Phi) is 3.87. The van der Waals surface area contributed by atoms with Crippen LogP contribution < -0.4 is 5.73 Å². The second-order valence-electron chi connectivity index (χ2n) is 4.94. The molecule has 0 radical (unpaired) electrons. The maximum atomic E-state index is 12.4. The molecule has 2 rings (SSSR count). The number of hydrogen-bond donors (Lipinski definition) is 1. The molecule has 2 saturated carbocycles. The van der Waals surface area contributed by atoms with Gasteiger partial charge in [-0.3, -0.25) is 0 Å². The normalized spacial score (nSPS) is 23.1. The van der Waals surface area contributed by atoms with Crippen LogP contribution in [0.5, 0.6) is 0 Å². The summed E-state index contributed by atoms with van der Waals surface area (Å²) in [5.41, 5.74) is 5.47. The van der Waals surface area contributed by atoms with Gasteiger partial charge < -0.3 is 5.73 Å². The Balaban J connectivity index is 2.04. The third kappa shape index (κ3) is 2.57. The van der Waals surface area contributed by atoms with Crippen LogP contribution in [0.2, 0.25) is 0 Å². The zero-order valence-corrected chi connectivity index (χ0v) is 10.6.